The third-order valence-corrected chi connectivity index (χ3v) is 5.56. The molecule has 130 valence electrons. The van der Waals surface area contributed by atoms with Gasteiger partial charge in [-0.05, 0) is 31.2 Å². The van der Waals surface area contributed by atoms with Crippen molar-refractivity contribution in [1.82, 2.24) is 14.2 Å². The molecule has 7 nitrogen and oxygen atoms in total. The van der Waals surface area contributed by atoms with Crippen LogP contribution in [0.1, 0.15) is 5.56 Å². The van der Waals surface area contributed by atoms with Crippen molar-refractivity contribution in [3.63, 3.8) is 0 Å². The first kappa shape index (κ1) is 17.5. The molecule has 1 heterocycles. The van der Waals surface area contributed by atoms with Gasteiger partial charge in [0.25, 0.3) is 10.0 Å². The SMILES string of the molecule is Cc1ccc(S(=O)(=O)n2nc(Oc3ccc(Cl)c(Cl)c3)nc2N)cc1. The van der Waals surface area contributed by atoms with Gasteiger partial charge < -0.3 is 10.5 Å². The van der Waals surface area contributed by atoms with Crippen LogP contribution in [0.3, 0.4) is 0 Å². The van der Waals surface area contributed by atoms with E-state index < -0.39 is 10.0 Å². The van der Waals surface area contributed by atoms with E-state index in [2.05, 4.69) is 10.1 Å². The Hall–Kier alpha value is -2.29. The molecule has 0 spiro atoms. The molecule has 2 aromatic carbocycles. The second kappa shape index (κ2) is 6.55. The van der Waals surface area contributed by atoms with Crippen molar-refractivity contribution in [1.29, 1.82) is 0 Å². The number of hydrogen-bond acceptors (Lipinski definition) is 6. The lowest BCUT2D eigenvalue weighted by molar-refractivity contribution is 0.442. The Labute approximate surface area is 154 Å². The fraction of sp³-hybridized carbons (Fsp3) is 0.0667. The Balaban J connectivity index is 1.94. The van der Waals surface area contributed by atoms with Crippen LogP contribution < -0.4 is 10.5 Å². The summed E-state index contributed by atoms with van der Waals surface area (Å²) in [5.74, 6) is -0.0325. The molecule has 0 fully saturated rings. The van der Waals surface area contributed by atoms with E-state index in [0.29, 0.717) is 14.9 Å². The predicted molar refractivity (Wildman–Crippen MR) is 94.7 cm³/mol. The highest BCUT2D eigenvalue weighted by atomic mass is 35.5. The molecular formula is C15H12Cl2N4O3S. The molecule has 1 aromatic heterocycles. The number of ether oxygens (including phenoxy) is 1. The Bertz CT molecular complexity index is 1030. The number of halogens is 2. The quantitative estimate of drug-likeness (QED) is 0.721. The molecule has 0 atom stereocenters. The number of rotatable bonds is 4. The molecule has 0 amide bonds. The van der Waals surface area contributed by atoms with Crippen molar-refractivity contribution in [3.8, 4) is 11.8 Å². The zero-order chi connectivity index (χ0) is 18.2. The Kier molecular flexibility index (Phi) is 4.59. The third-order valence-electron chi connectivity index (χ3n) is 3.23. The Morgan fingerprint density at radius 2 is 1.76 bits per heavy atom. The standard InChI is InChI=1S/C15H12Cl2N4O3S/c1-9-2-5-11(6-3-9)25(22,23)21-14(18)19-15(20-21)24-10-4-7-12(16)13(17)8-10/h2-8H,1H3,(H2,18,19,20). The number of aromatic nitrogens is 3. The van der Waals surface area contributed by atoms with Gasteiger partial charge in [0.2, 0.25) is 5.95 Å². The molecule has 10 heteroatoms. The molecule has 0 aliphatic heterocycles. The normalized spacial score (nSPS) is 11.5. The number of nitrogen functional groups attached to an aromatic ring is 1. The van der Waals surface area contributed by atoms with E-state index in [4.69, 9.17) is 33.7 Å². The summed E-state index contributed by atoms with van der Waals surface area (Å²) in [6.45, 7) is 1.85. The van der Waals surface area contributed by atoms with Gasteiger partial charge in [-0.2, -0.15) is 13.4 Å². The minimum atomic E-state index is -3.98. The maximum Gasteiger partial charge on any atom is 0.343 e. The molecule has 0 aliphatic rings. The van der Waals surface area contributed by atoms with Gasteiger partial charge in [0.1, 0.15) is 5.75 Å². The highest BCUT2D eigenvalue weighted by Crippen LogP contribution is 2.29. The summed E-state index contributed by atoms with van der Waals surface area (Å²) in [6, 6.07) is 10.6. The number of nitrogens with two attached hydrogens (primary N) is 1. The fourth-order valence-electron chi connectivity index (χ4n) is 1.97. The van der Waals surface area contributed by atoms with E-state index in [-0.39, 0.29) is 21.9 Å². The second-order valence-corrected chi connectivity index (χ2v) is 7.67. The minimum absolute atomic E-state index is 0.0378. The zero-order valence-electron chi connectivity index (χ0n) is 12.8. The average Bonchev–Trinajstić information content (AvgIpc) is 2.92. The molecule has 0 saturated heterocycles. The van der Waals surface area contributed by atoms with Gasteiger partial charge in [-0.15, -0.1) is 4.09 Å². The summed E-state index contributed by atoms with van der Waals surface area (Å²) < 4.78 is 31.2. The first-order chi connectivity index (χ1) is 11.8. The van der Waals surface area contributed by atoms with Crippen LogP contribution in [-0.4, -0.2) is 22.6 Å². The zero-order valence-corrected chi connectivity index (χ0v) is 15.2. The first-order valence-corrected chi connectivity index (χ1v) is 9.14. The molecule has 0 aliphatic carbocycles. The van der Waals surface area contributed by atoms with E-state index in [1.165, 1.54) is 24.3 Å². The second-order valence-electron chi connectivity index (χ2n) is 5.09. The minimum Gasteiger partial charge on any atom is -0.423 e. The average molecular weight is 399 g/mol. The van der Waals surface area contributed by atoms with Gasteiger partial charge in [-0.1, -0.05) is 46.0 Å². The van der Waals surface area contributed by atoms with Crippen LogP contribution in [0.4, 0.5) is 5.95 Å². The number of nitrogens with zero attached hydrogens (tertiary/aromatic N) is 3. The molecular weight excluding hydrogens is 387 g/mol. The molecule has 0 radical (unpaired) electrons. The highest BCUT2D eigenvalue weighted by molar-refractivity contribution is 7.90. The monoisotopic (exact) mass is 398 g/mol. The van der Waals surface area contributed by atoms with Crippen molar-refractivity contribution in [2.24, 2.45) is 0 Å². The van der Waals surface area contributed by atoms with Crippen LogP contribution in [0.2, 0.25) is 10.0 Å². The van der Waals surface area contributed by atoms with Crippen LogP contribution in [-0.2, 0) is 10.0 Å². The smallest absolute Gasteiger partial charge is 0.343 e. The van der Waals surface area contributed by atoms with Crippen LogP contribution >= 0.6 is 23.2 Å². The topological polar surface area (TPSA) is 100 Å². The van der Waals surface area contributed by atoms with Gasteiger partial charge in [-0.25, -0.2) is 0 Å². The number of aryl methyl sites for hydroxylation is 1. The summed E-state index contributed by atoms with van der Waals surface area (Å²) in [4.78, 5) is 3.86. The van der Waals surface area contributed by atoms with Crippen molar-refractivity contribution in [3.05, 3.63) is 58.1 Å². The summed E-state index contributed by atoms with van der Waals surface area (Å²) in [5.41, 5.74) is 6.61. The lowest BCUT2D eigenvalue weighted by Crippen LogP contribution is -2.17. The lowest BCUT2D eigenvalue weighted by atomic mass is 10.2. The van der Waals surface area contributed by atoms with Crippen LogP contribution in [0, 0.1) is 6.92 Å². The Morgan fingerprint density at radius 1 is 1.08 bits per heavy atom. The third kappa shape index (κ3) is 3.55. The molecule has 3 rings (SSSR count). The first-order valence-electron chi connectivity index (χ1n) is 6.95. The summed E-state index contributed by atoms with van der Waals surface area (Å²) in [6.07, 6.45) is 0. The van der Waals surface area contributed by atoms with Gasteiger partial charge in [0.15, 0.2) is 0 Å². The van der Waals surface area contributed by atoms with E-state index in [0.717, 1.165) is 5.56 Å². The van der Waals surface area contributed by atoms with Crippen LogP contribution in [0.15, 0.2) is 47.4 Å². The molecule has 0 unspecified atom stereocenters. The van der Waals surface area contributed by atoms with Crippen molar-refractivity contribution < 1.29 is 13.2 Å². The van der Waals surface area contributed by atoms with Gasteiger partial charge >= 0.3 is 6.01 Å². The number of benzene rings is 2. The Morgan fingerprint density at radius 3 is 2.40 bits per heavy atom. The van der Waals surface area contributed by atoms with Crippen molar-refractivity contribution >= 4 is 39.2 Å². The number of anilines is 1. The molecule has 0 bridgehead atoms. The van der Waals surface area contributed by atoms with Crippen molar-refractivity contribution in [2.75, 3.05) is 5.73 Å². The number of hydrogen-bond donors (Lipinski definition) is 1. The van der Waals surface area contributed by atoms with E-state index in [9.17, 15) is 8.42 Å². The van der Waals surface area contributed by atoms with Crippen LogP contribution in [0.5, 0.6) is 11.8 Å². The summed E-state index contributed by atoms with van der Waals surface area (Å²) >= 11 is 11.7. The largest absolute Gasteiger partial charge is 0.423 e. The molecule has 0 saturated carbocycles. The molecule has 3 aromatic rings. The molecule has 25 heavy (non-hydrogen) atoms. The van der Waals surface area contributed by atoms with Crippen molar-refractivity contribution in [2.45, 2.75) is 11.8 Å². The van der Waals surface area contributed by atoms with E-state index in [1.54, 1.807) is 18.2 Å². The highest BCUT2D eigenvalue weighted by Gasteiger charge is 2.23. The maximum absolute atomic E-state index is 12.6. The fourth-order valence-corrected chi connectivity index (χ4v) is 3.40. The predicted octanol–water partition coefficient (Wildman–Crippen LogP) is 3.50. The van der Waals surface area contributed by atoms with E-state index in [1.807, 2.05) is 6.92 Å². The van der Waals surface area contributed by atoms with Crippen LogP contribution in [0.25, 0.3) is 0 Å². The molecule has 2 N–H and O–H groups in total. The maximum atomic E-state index is 12.6. The summed E-state index contributed by atoms with van der Waals surface area (Å²) in [5, 5.41) is 4.45. The van der Waals surface area contributed by atoms with Gasteiger partial charge in [-0.3, -0.25) is 0 Å². The summed E-state index contributed by atoms with van der Waals surface area (Å²) in [7, 11) is -3.98. The lowest BCUT2D eigenvalue weighted by Gasteiger charge is -2.05. The van der Waals surface area contributed by atoms with Gasteiger partial charge in [0, 0.05) is 6.07 Å². The van der Waals surface area contributed by atoms with E-state index >= 15 is 0 Å². The van der Waals surface area contributed by atoms with Gasteiger partial charge in [0.05, 0.1) is 14.9 Å².